The van der Waals surface area contributed by atoms with Gasteiger partial charge in [0, 0.05) is 18.6 Å². The molecule has 0 aromatic heterocycles. The molecule has 0 aromatic carbocycles. The Morgan fingerprint density at radius 1 is 1.32 bits per heavy atom. The Kier molecular flexibility index (Phi) is 4.85. The fourth-order valence-electron chi connectivity index (χ4n) is 3.15. The SMILES string of the molecule is CCN(CCC(C)(NC1CC1)C(=O)O)C1CCCC1. The molecule has 4 heteroatoms. The van der Waals surface area contributed by atoms with E-state index in [0.717, 1.165) is 25.9 Å². The maximum Gasteiger partial charge on any atom is 0.323 e. The van der Waals surface area contributed by atoms with Gasteiger partial charge in [-0.3, -0.25) is 10.1 Å². The zero-order chi connectivity index (χ0) is 13.9. The summed E-state index contributed by atoms with van der Waals surface area (Å²) < 4.78 is 0. The Hall–Kier alpha value is -0.610. The van der Waals surface area contributed by atoms with Crippen LogP contribution in [0.4, 0.5) is 0 Å². The number of nitrogens with zero attached hydrogens (tertiary/aromatic N) is 1. The number of carboxylic acids is 1. The van der Waals surface area contributed by atoms with E-state index in [1.807, 2.05) is 6.92 Å². The third-order valence-electron chi connectivity index (χ3n) is 4.72. The molecule has 2 aliphatic carbocycles. The Morgan fingerprint density at radius 2 is 1.95 bits per heavy atom. The van der Waals surface area contributed by atoms with E-state index < -0.39 is 11.5 Å². The van der Waals surface area contributed by atoms with Gasteiger partial charge >= 0.3 is 5.97 Å². The summed E-state index contributed by atoms with van der Waals surface area (Å²) in [4.78, 5) is 14.0. The van der Waals surface area contributed by atoms with Crippen LogP contribution in [0.3, 0.4) is 0 Å². The average Bonchev–Trinajstić information content (AvgIpc) is 3.01. The molecule has 0 heterocycles. The molecule has 0 saturated heterocycles. The highest BCUT2D eigenvalue weighted by Gasteiger charge is 2.38. The normalized spacial score (nSPS) is 23.7. The van der Waals surface area contributed by atoms with Crippen LogP contribution in [0.2, 0.25) is 0 Å². The molecule has 2 aliphatic rings. The van der Waals surface area contributed by atoms with Crippen molar-refractivity contribution in [3.8, 4) is 0 Å². The Balaban J connectivity index is 1.87. The standard InChI is InChI=1S/C15H28N2O2/c1-3-17(13-6-4-5-7-13)11-10-15(2,14(18)19)16-12-8-9-12/h12-13,16H,3-11H2,1-2H3,(H,18,19). The van der Waals surface area contributed by atoms with E-state index in [9.17, 15) is 9.90 Å². The van der Waals surface area contributed by atoms with Crippen LogP contribution in [0, 0.1) is 0 Å². The highest BCUT2D eigenvalue weighted by Crippen LogP contribution is 2.27. The van der Waals surface area contributed by atoms with Crippen molar-refractivity contribution in [2.45, 2.75) is 76.4 Å². The Morgan fingerprint density at radius 3 is 2.42 bits per heavy atom. The lowest BCUT2D eigenvalue weighted by atomic mass is 9.97. The molecular weight excluding hydrogens is 240 g/mol. The summed E-state index contributed by atoms with van der Waals surface area (Å²) in [6.45, 7) is 5.95. The molecule has 2 rings (SSSR count). The van der Waals surface area contributed by atoms with E-state index in [-0.39, 0.29) is 0 Å². The number of rotatable bonds is 8. The first-order chi connectivity index (χ1) is 9.05. The average molecular weight is 268 g/mol. The maximum atomic E-state index is 11.5. The Labute approximate surface area is 116 Å². The smallest absolute Gasteiger partial charge is 0.323 e. The highest BCUT2D eigenvalue weighted by molar-refractivity contribution is 5.78. The lowest BCUT2D eigenvalue weighted by Gasteiger charge is -2.32. The minimum absolute atomic E-state index is 0.433. The van der Waals surface area contributed by atoms with Crippen molar-refractivity contribution in [3.05, 3.63) is 0 Å². The van der Waals surface area contributed by atoms with Crippen molar-refractivity contribution < 1.29 is 9.90 Å². The van der Waals surface area contributed by atoms with Crippen molar-refractivity contribution in [2.75, 3.05) is 13.1 Å². The van der Waals surface area contributed by atoms with Crippen LogP contribution < -0.4 is 5.32 Å². The molecule has 1 unspecified atom stereocenters. The monoisotopic (exact) mass is 268 g/mol. The van der Waals surface area contributed by atoms with Crippen molar-refractivity contribution in [1.29, 1.82) is 0 Å². The molecule has 0 aromatic rings. The minimum Gasteiger partial charge on any atom is -0.480 e. The number of carboxylic acid groups (broad SMARTS) is 1. The maximum absolute atomic E-state index is 11.5. The fraction of sp³-hybridized carbons (Fsp3) is 0.933. The second-order valence-corrected chi connectivity index (χ2v) is 6.37. The molecule has 0 aliphatic heterocycles. The third kappa shape index (κ3) is 3.93. The molecule has 0 spiro atoms. The lowest BCUT2D eigenvalue weighted by molar-refractivity contribution is -0.144. The molecule has 0 bridgehead atoms. The third-order valence-corrected chi connectivity index (χ3v) is 4.72. The summed E-state index contributed by atoms with van der Waals surface area (Å²) in [5, 5.41) is 12.8. The fourth-order valence-corrected chi connectivity index (χ4v) is 3.15. The van der Waals surface area contributed by atoms with Gasteiger partial charge in [0.1, 0.15) is 5.54 Å². The first kappa shape index (κ1) is 14.8. The second-order valence-electron chi connectivity index (χ2n) is 6.37. The van der Waals surface area contributed by atoms with E-state index in [4.69, 9.17) is 0 Å². The van der Waals surface area contributed by atoms with Gasteiger partial charge in [-0.2, -0.15) is 0 Å². The molecule has 1 atom stereocenters. The molecule has 0 radical (unpaired) electrons. The number of carbonyl (C=O) groups is 1. The van der Waals surface area contributed by atoms with Gasteiger partial charge in [0.05, 0.1) is 0 Å². The summed E-state index contributed by atoms with van der Waals surface area (Å²) >= 11 is 0. The first-order valence-electron chi connectivity index (χ1n) is 7.80. The van der Waals surface area contributed by atoms with Gasteiger partial charge in [-0.1, -0.05) is 19.8 Å². The number of hydrogen-bond acceptors (Lipinski definition) is 3. The predicted molar refractivity (Wildman–Crippen MR) is 76.3 cm³/mol. The first-order valence-corrected chi connectivity index (χ1v) is 7.80. The zero-order valence-electron chi connectivity index (χ0n) is 12.3. The van der Waals surface area contributed by atoms with Gasteiger partial charge < -0.3 is 10.0 Å². The summed E-state index contributed by atoms with van der Waals surface area (Å²) in [5.41, 5.74) is -0.757. The van der Waals surface area contributed by atoms with Gasteiger partial charge in [-0.05, 0) is 45.6 Å². The van der Waals surface area contributed by atoms with Crippen LogP contribution in [-0.2, 0) is 4.79 Å². The Bertz CT molecular complexity index is 311. The molecule has 4 nitrogen and oxygen atoms in total. The van der Waals surface area contributed by atoms with Crippen LogP contribution >= 0.6 is 0 Å². The van der Waals surface area contributed by atoms with Crippen LogP contribution in [0.1, 0.15) is 58.8 Å². The second kappa shape index (κ2) is 6.23. The molecule has 19 heavy (non-hydrogen) atoms. The predicted octanol–water partition coefficient (Wildman–Crippen LogP) is 2.24. The van der Waals surface area contributed by atoms with Gasteiger partial charge in [-0.15, -0.1) is 0 Å². The van der Waals surface area contributed by atoms with E-state index in [1.54, 1.807) is 0 Å². The number of nitrogens with one attached hydrogen (secondary N) is 1. The van der Waals surface area contributed by atoms with E-state index >= 15 is 0 Å². The summed E-state index contributed by atoms with van der Waals surface area (Å²) in [7, 11) is 0. The summed E-state index contributed by atoms with van der Waals surface area (Å²) in [5.74, 6) is -0.707. The van der Waals surface area contributed by atoms with Crippen LogP contribution in [-0.4, -0.2) is 46.7 Å². The molecule has 2 fully saturated rings. The van der Waals surface area contributed by atoms with E-state index in [1.165, 1.54) is 25.7 Å². The number of aliphatic carboxylic acids is 1. The van der Waals surface area contributed by atoms with Gasteiger partial charge in [0.15, 0.2) is 0 Å². The highest BCUT2D eigenvalue weighted by atomic mass is 16.4. The molecule has 0 amide bonds. The molecule has 2 saturated carbocycles. The molecule has 2 N–H and O–H groups in total. The van der Waals surface area contributed by atoms with Crippen molar-refractivity contribution in [3.63, 3.8) is 0 Å². The number of hydrogen-bond donors (Lipinski definition) is 2. The quantitative estimate of drug-likeness (QED) is 0.709. The van der Waals surface area contributed by atoms with Crippen LogP contribution in [0.5, 0.6) is 0 Å². The summed E-state index contributed by atoms with van der Waals surface area (Å²) in [6, 6.07) is 1.12. The van der Waals surface area contributed by atoms with E-state index in [2.05, 4.69) is 17.1 Å². The molecular formula is C15H28N2O2. The van der Waals surface area contributed by atoms with E-state index in [0.29, 0.717) is 18.5 Å². The zero-order valence-corrected chi connectivity index (χ0v) is 12.3. The van der Waals surface area contributed by atoms with Gasteiger partial charge in [0.2, 0.25) is 0 Å². The minimum atomic E-state index is -0.757. The van der Waals surface area contributed by atoms with Crippen molar-refractivity contribution >= 4 is 5.97 Å². The van der Waals surface area contributed by atoms with Gasteiger partial charge in [-0.25, -0.2) is 0 Å². The van der Waals surface area contributed by atoms with Crippen LogP contribution in [0.25, 0.3) is 0 Å². The van der Waals surface area contributed by atoms with Crippen LogP contribution in [0.15, 0.2) is 0 Å². The van der Waals surface area contributed by atoms with Crippen molar-refractivity contribution in [2.24, 2.45) is 0 Å². The topological polar surface area (TPSA) is 52.6 Å². The lowest BCUT2D eigenvalue weighted by Crippen LogP contribution is -2.52. The van der Waals surface area contributed by atoms with Gasteiger partial charge in [0.25, 0.3) is 0 Å². The van der Waals surface area contributed by atoms with Crippen molar-refractivity contribution in [1.82, 2.24) is 10.2 Å². The largest absolute Gasteiger partial charge is 0.480 e. The summed E-state index contributed by atoms with van der Waals surface area (Å²) in [6.07, 6.45) is 8.19. The molecule has 110 valence electrons.